The molecule has 0 heterocycles. The lowest BCUT2D eigenvalue weighted by molar-refractivity contribution is -0.138. The van der Waals surface area contributed by atoms with E-state index in [9.17, 15) is 13.2 Å². The highest BCUT2D eigenvalue weighted by Gasteiger charge is 2.13. The first kappa shape index (κ1) is 25.2. The van der Waals surface area contributed by atoms with Gasteiger partial charge in [0.2, 0.25) is 10.0 Å². The molecule has 0 aliphatic rings. The number of rotatable bonds is 14. The van der Waals surface area contributed by atoms with Crippen molar-refractivity contribution in [2.24, 2.45) is 5.92 Å². The normalized spacial score (nSPS) is 13.0. The molecule has 0 bridgehead atoms. The topological polar surface area (TPSA) is 84.5 Å². The zero-order valence-electron chi connectivity index (χ0n) is 18.1. The Morgan fingerprint density at radius 1 is 1.07 bits per heavy atom. The molecule has 0 radical (unpaired) electrons. The minimum absolute atomic E-state index is 0.316. The summed E-state index contributed by atoms with van der Waals surface area (Å²) < 4.78 is 31.1. The van der Waals surface area contributed by atoms with Gasteiger partial charge in [-0.05, 0) is 56.4 Å². The molecule has 1 aromatic carbocycles. The van der Waals surface area contributed by atoms with E-state index >= 15 is 0 Å². The van der Waals surface area contributed by atoms with E-state index in [0.717, 1.165) is 43.5 Å². The van der Waals surface area contributed by atoms with Gasteiger partial charge in [-0.2, -0.15) is 0 Å². The number of carbonyl (C=O) groups is 1. The van der Waals surface area contributed by atoms with Crippen LogP contribution in [0.3, 0.4) is 0 Å². The van der Waals surface area contributed by atoms with Crippen molar-refractivity contribution in [1.82, 2.24) is 4.72 Å². The summed E-state index contributed by atoms with van der Waals surface area (Å²) in [5, 5.41) is 2.96. The standard InChI is InChI=1S/C22H36N2O4S/c1-5-19(4)17-28-22(25)14-11-20-9-12-21(13-10-20)23-15-7-6-8-16-24-29(26,27)18(2)3/h9-14,18-19,23-24H,5-8,15-17H2,1-4H3/b14-11+. The molecular formula is C22H36N2O4S. The number of hydrogen-bond donors (Lipinski definition) is 2. The van der Waals surface area contributed by atoms with Gasteiger partial charge in [0.25, 0.3) is 0 Å². The van der Waals surface area contributed by atoms with Gasteiger partial charge >= 0.3 is 5.97 Å². The highest BCUT2D eigenvalue weighted by Crippen LogP contribution is 2.11. The van der Waals surface area contributed by atoms with Crippen LogP contribution in [0.25, 0.3) is 6.08 Å². The molecule has 0 fully saturated rings. The number of sulfonamides is 1. The summed E-state index contributed by atoms with van der Waals surface area (Å²) in [6.45, 7) is 9.24. The van der Waals surface area contributed by atoms with Crippen molar-refractivity contribution in [1.29, 1.82) is 0 Å². The molecule has 0 amide bonds. The number of anilines is 1. The van der Waals surface area contributed by atoms with Gasteiger partial charge in [0, 0.05) is 24.9 Å². The van der Waals surface area contributed by atoms with E-state index < -0.39 is 15.3 Å². The Labute approximate surface area is 176 Å². The fourth-order valence-electron chi connectivity index (χ4n) is 2.31. The molecule has 0 aliphatic heterocycles. The lowest BCUT2D eigenvalue weighted by atomic mass is 10.1. The van der Waals surface area contributed by atoms with E-state index in [2.05, 4.69) is 23.9 Å². The fraction of sp³-hybridized carbons (Fsp3) is 0.591. The Kier molecular flexibility index (Phi) is 11.6. The maximum absolute atomic E-state index is 11.7. The van der Waals surface area contributed by atoms with Gasteiger partial charge in [0.1, 0.15) is 0 Å². The Morgan fingerprint density at radius 3 is 2.34 bits per heavy atom. The molecule has 1 atom stereocenters. The Bertz CT molecular complexity index is 728. The van der Waals surface area contributed by atoms with Crippen LogP contribution >= 0.6 is 0 Å². The summed E-state index contributed by atoms with van der Waals surface area (Å²) >= 11 is 0. The maximum atomic E-state index is 11.7. The first-order valence-electron chi connectivity index (χ1n) is 10.4. The molecule has 2 N–H and O–H groups in total. The van der Waals surface area contributed by atoms with E-state index in [1.807, 2.05) is 24.3 Å². The van der Waals surface area contributed by atoms with E-state index in [1.165, 1.54) is 6.08 Å². The van der Waals surface area contributed by atoms with Crippen molar-refractivity contribution in [2.75, 3.05) is 25.0 Å². The summed E-state index contributed by atoms with van der Waals surface area (Å²) in [4.78, 5) is 11.7. The minimum atomic E-state index is -3.16. The lowest BCUT2D eigenvalue weighted by Gasteiger charge is -2.10. The zero-order chi connectivity index (χ0) is 21.7. The van der Waals surface area contributed by atoms with Gasteiger partial charge in [-0.1, -0.05) is 38.8 Å². The van der Waals surface area contributed by atoms with Gasteiger partial charge in [0.05, 0.1) is 11.9 Å². The number of nitrogens with one attached hydrogen (secondary N) is 2. The van der Waals surface area contributed by atoms with Crippen LogP contribution in [-0.2, 0) is 19.6 Å². The summed E-state index contributed by atoms with van der Waals surface area (Å²) in [5.74, 6) is 0.0604. The molecule has 6 nitrogen and oxygen atoms in total. The number of ether oxygens (including phenoxy) is 1. The van der Waals surface area contributed by atoms with Crippen LogP contribution in [0.1, 0.15) is 58.9 Å². The van der Waals surface area contributed by atoms with Crippen molar-refractivity contribution >= 4 is 27.8 Å². The quantitative estimate of drug-likeness (QED) is 0.266. The molecule has 164 valence electrons. The maximum Gasteiger partial charge on any atom is 0.330 e. The predicted molar refractivity (Wildman–Crippen MR) is 120 cm³/mol. The van der Waals surface area contributed by atoms with E-state index in [4.69, 9.17) is 4.74 Å². The number of unbranched alkanes of at least 4 members (excludes halogenated alkanes) is 2. The fourth-order valence-corrected chi connectivity index (χ4v) is 3.07. The van der Waals surface area contributed by atoms with Gasteiger partial charge in [0.15, 0.2) is 0 Å². The summed E-state index contributed by atoms with van der Waals surface area (Å²) in [5.41, 5.74) is 1.95. The molecule has 29 heavy (non-hydrogen) atoms. The largest absolute Gasteiger partial charge is 0.462 e. The molecule has 0 saturated heterocycles. The monoisotopic (exact) mass is 424 g/mol. The van der Waals surface area contributed by atoms with Gasteiger partial charge < -0.3 is 10.1 Å². The zero-order valence-corrected chi connectivity index (χ0v) is 18.9. The lowest BCUT2D eigenvalue weighted by Crippen LogP contribution is -2.31. The van der Waals surface area contributed by atoms with Crippen LogP contribution in [0.15, 0.2) is 30.3 Å². The molecular weight excluding hydrogens is 388 g/mol. The Balaban J connectivity index is 2.23. The number of hydrogen-bond acceptors (Lipinski definition) is 5. The van der Waals surface area contributed by atoms with Crippen molar-refractivity contribution in [3.05, 3.63) is 35.9 Å². The summed E-state index contributed by atoms with van der Waals surface area (Å²) in [6.07, 6.45) is 6.94. The molecule has 1 unspecified atom stereocenters. The first-order valence-corrected chi connectivity index (χ1v) is 12.0. The molecule has 1 rings (SSSR count). The molecule has 0 aliphatic carbocycles. The second-order valence-corrected chi connectivity index (χ2v) is 9.90. The van der Waals surface area contributed by atoms with Crippen molar-refractivity contribution in [3.8, 4) is 0 Å². The molecule has 7 heteroatoms. The molecule has 0 saturated carbocycles. The van der Waals surface area contributed by atoms with Crippen LogP contribution < -0.4 is 10.0 Å². The third-order valence-electron chi connectivity index (χ3n) is 4.64. The van der Waals surface area contributed by atoms with Gasteiger partial charge in [-0.15, -0.1) is 0 Å². The van der Waals surface area contributed by atoms with E-state index in [0.29, 0.717) is 19.1 Å². The Hall–Kier alpha value is -1.86. The number of benzene rings is 1. The first-order chi connectivity index (χ1) is 13.7. The summed E-state index contributed by atoms with van der Waals surface area (Å²) in [6, 6.07) is 7.84. The smallest absolute Gasteiger partial charge is 0.330 e. The van der Waals surface area contributed by atoms with Gasteiger partial charge in [-0.3, -0.25) is 0 Å². The average Bonchev–Trinajstić information content (AvgIpc) is 2.70. The third-order valence-corrected chi connectivity index (χ3v) is 6.48. The third kappa shape index (κ3) is 11.0. The second-order valence-electron chi connectivity index (χ2n) is 7.57. The van der Waals surface area contributed by atoms with E-state index in [-0.39, 0.29) is 5.97 Å². The highest BCUT2D eigenvalue weighted by atomic mass is 32.2. The average molecular weight is 425 g/mol. The minimum Gasteiger partial charge on any atom is -0.462 e. The second kappa shape index (κ2) is 13.4. The molecule has 0 aromatic heterocycles. The SMILES string of the molecule is CCC(C)COC(=O)/C=C/c1ccc(NCCCCCNS(=O)(=O)C(C)C)cc1. The van der Waals surface area contributed by atoms with Crippen molar-refractivity contribution in [2.45, 2.75) is 58.6 Å². The molecule has 1 aromatic rings. The van der Waals surface area contributed by atoms with Crippen LogP contribution in [0, 0.1) is 5.92 Å². The van der Waals surface area contributed by atoms with Crippen LogP contribution in [-0.4, -0.2) is 39.3 Å². The van der Waals surface area contributed by atoms with Gasteiger partial charge in [-0.25, -0.2) is 17.9 Å². The Morgan fingerprint density at radius 2 is 1.72 bits per heavy atom. The van der Waals surface area contributed by atoms with Crippen molar-refractivity contribution in [3.63, 3.8) is 0 Å². The number of carbonyl (C=O) groups excluding carboxylic acids is 1. The highest BCUT2D eigenvalue weighted by molar-refractivity contribution is 7.90. The van der Waals surface area contributed by atoms with Crippen molar-refractivity contribution < 1.29 is 17.9 Å². The summed E-state index contributed by atoms with van der Waals surface area (Å²) in [7, 11) is -3.16. The van der Waals surface area contributed by atoms with Crippen LogP contribution in [0.4, 0.5) is 5.69 Å². The van der Waals surface area contributed by atoms with E-state index in [1.54, 1.807) is 19.9 Å². The predicted octanol–water partition coefficient (Wildman–Crippen LogP) is 4.20. The van der Waals surface area contributed by atoms with Crippen LogP contribution in [0.2, 0.25) is 0 Å². The van der Waals surface area contributed by atoms with Crippen LogP contribution in [0.5, 0.6) is 0 Å². The molecule has 0 spiro atoms. The number of esters is 1.